The predicted molar refractivity (Wildman–Crippen MR) is 78.0 cm³/mol. The number of amides is 1. The van der Waals surface area contributed by atoms with Gasteiger partial charge in [-0.1, -0.05) is 18.2 Å². The van der Waals surface area contributed by atoms with Gasteiger partial charge < -0.3 is 15.2 Å². The van der Waals surface area contributed by atoms with Crippen LogP contribution < -0.4 is 5.32 Å². The van der Waals surface area contributed by atoms with Crippen molar-refractivity contribution >= 4 is 11.9 Å². The molecular formula is C16H21NO4. The summed E-state index contributed by atoms with van der Waals surface area (Å²) in [5.41, 5.74) is 2.71. The second kappa shape index (κ2) is 6.72. The van der Waals surface area contributed by atoms with Crippen molar-refractivity contribution in [1.29, 1.82) is 0 Å². The first-order valence-electron chi connectivity index (χ1n) is 7.17. The molecule has 114 valence electrons. The fourth-order valence-electron chi connectivity index (χ4n) is 2.45. The summed E-state index contributed by atoms with van der Waals surface area (Å²) < 4.78 is 5.22. The monoisotopic (exact) mass is 291 g/mol. The van der Waals surface area contributed by atoms with Crippen LogP contribution in [0.1, 0.15) is 35.6 Å². The Balaban J connectivity index is 2.13. The molecule has 1 heterocycles. The molecule has 0 radical (unpaired) electrons. The second-order valence-electron chi connectivity index (χ2n) is 5.51. The smallest absolute Gasteiger partial charge is 0.330 e. The van der Waals surface area contributed by atoms with Crippen molar-refractivity contribution in [2.75, 3.05) is 13.2 Å². The van der Waals surface area contributed by atoms with Gasteiger partial charge in [0.1, 0.15) is 0 Å². The summed E-state index contributed by atoms with van der Waals surface area (Å²) in [6, 6.07) is 4.45. The molecule has 0 aliphatic carbocycles. The van der Waals surface area contributed by atoms with Crippen LogP contribution in [0.2, 0.25) is 0 Å². The number of carboxylic acids is 1. The summed E-state index contributed by atoms with van der Waals surface area (Å²) in [4.78, 5) is 23.7. The molecule has 2 rings (SSSR count). The molecule has 1 aliphatic rings. The Morgan fingerprint density at radius 1 is 1.24 bits per heavy atom. The minimum Gasteiger partial charge on any atom is -0.479 e. The molecule has 1 aromatic carbocycles. The highest BCUT2D eigenvalue weighted by Gasteiger charge is 2.27. The highest BCUT2D eigenvalue weighted by molar-refractivity contribution is 5.86. The molecular weight excluding hydrogens is 270 g/mol. The van der Waals surface area contributed by atoms with Gasteiger partial charge in [-0.3, -0.25) is 4.79 Å². The zero-order chi connectivity index (χ0) is 15.4. The maximum Gasteiger partial charge on any atom is 0.330 e. The zero-order valence-electron chi connectivity index (χ0n) is 12.4. The van der Waals surface area contributed by atoms with Crippen LogP contribution in [0, 0.1) is 19.8 Å². The van der Waals surface area contributed by atoms with Crippen LogP contribution in [-0.4, -0.2) is 30.2 Å². The Hall–Kier alpha value is -1.88. The van der Waals surface area contributed by atoms with Crippen molar-refractivity contribution < 1.29 is 19.4 Å². The Morgan fingerprint density at radius 3 is 2.48 bits per heavy atom. The maximum absolute atomic E-state index is 12.2. The van der Waals surface area contributed by atoms with E-state index in [-0.39, 0.29) is 11.8 Å². The van der Waals surface area contributed by atoms with Crippen LogP contribution in [-0.2, 0) is 14.3 Å². The van der Waals surface area contributed by atoms with E-state index in [9.17, 15) is 14.7 Å². The summed E-state index contributed by atoms with van der Waals surface area (Å²) in [6.07, 6.45) is 1.29. The Bertz CT molecular complexity index is 535. The number of nitrogens with one attached hydrogen (secondary N) is 1. The average Bonchev–Trinajstić information content (AvgIpc) is 2.48. The fourth-order valence-corrected chi connectivity index (χ4v) is 2.45. The van der Waals surface area contributed by atoms with Gasteiger partial charge in [-0.05, 0) is 43.4 Å². The van der Waals surface area contributed by atoms with E-state index in [1.165, 1.54) is 0 Å². The molecule has 1 amide bonds. The highest BCUT2D eigenvalue weighted by atomic mass is 16.5. The lowest BCUT2D eigenvalue weighted by atomic mass is 9.97. The van der Waals surface area contributed by atoms with E-state index in [2.05, 4.69) is 5.32 Å². The van der Waals surface area contributed by atoms with E-state index in [1.807, 2.05) is 26.0 Å². The van der Waals surface area contributed by atoms with Gasteiger partial charge in [0, 0.05) is 19.1 Å². The molecule has 2 N–H and O–H groups in total. The number of carbonyl (C=O) groups excluding carboxylic acids is 1. The third kappa shape index (κ3) is 3.82. The summed E-state index contributed by atoms with van der Waals surface area (Å²) in [5, 5.41) is 12.0. The number of rotatable bonds is 4. The van der Waals surface area contributed by atoms with Gasteiger partial charge in [-0.15, -0.1) is 0 Å². The summed E-state index contributed by atoms with van der Waals surface area (Å²) >= 11 is 0. The van der Waals surface area contributed by atoms with Crippen LogP contribution >= 0.6 is 0 Å². The molecule has 21 heavy (non-hydrogen) atoms. The number of hydrogen-bond donors (Lipinski definition) is 2. The molecule has 5 heteroatoms. The van der Waals surface area contributed by atoms with Gasteiger partial charge in [-0.2, -0.15) is 0 Å². The van der Waals surface area contributed by atoms with E-state index < -0.39 is 12.0 Å². The summed E-state index contributed by atoms with van der Waals surface area (Å²) in [6.45, 7) is 5.01. The largest absolute Gasteiger partial charge is 0.479 e. The first-order valence-corrected chi connectivity index (χ1v) is 7.17. The number of ether oxygens (including phenoxy) is 1. The Morgan fingerprint density at radius 2 is 1.90 bits per heavy atom. The lowest BCUT2D eigenvalue weighted by molar-refractivity contribution is -0.143. The van der Waals surface area contributed by atoms with Crippen molar-refractivity contribution in [2.24, 2.45) is 5.92 Å². The third-order valence-corrected chi connectivity index (χ3v) is 3.99. The molecule has 1 aromatic rings. The molecule has 0 saturated carbocycles. The summed E-state index contributed by atoms with van der Waals surface area (Å²) in [5.74, 6) is -1.41. The van der Waals surface area contributed by atoms with Crippen LogP contribution in [0.3, 0.4) is 0 Å². The van der Waals surface area contributed by atoms with Gasteiger partial charge >= 0.3 is 5.97 Å². The zero-order valence-corrected chi connectivity index (χ0v) is 12.4. The topological polar surface area (TPSA) is 75.6 Å². The van der Waals surface area contributed by atoms with Gasteiger partial charge in [0.05, 0.1) is 0 Å². The molecule has 1 atom stereocenters. The van der Waals surface area contributed by atoms with Gasteiger partial charge in [0.25, 0.3) is 0 Å². The minimum atomic E-state index is -1.04. The van der Waals surface area contributed by atoms with Crippen LogP contribution in [0.5, 0.6) is 0 Å². The molecule has 1 aliphatic heterocycles. The van der Waals surface area contributed by atoms with Crippen molar-refractivity contribution in [3.8, 4) is 0 Å². The van der Waals surface area contributed by atoms with E-state index >= 15 is 0 Å². The van der Waals surface area contributed by atoms with Crippen LogP contribution in [0.15, 0.2) is 18.2 Å². The van der Waals surface area contributed by atoms with E-state index in [0.717, 1.165) is 11.1 Å². The number of aliphatic carboxylic acids is 1. The molecule has 1 fully saturated rings. The average molecular weight is 291 g/mol. The van der Waals surface area contributed by atoms with Gasteiger partial charge in [-0.25, -0.2) is 4.79 Å². The first-order chi connectivity index (χ1) is 9.99. The Kier molecular flexibility index (Phi) is 4.96. The fraction of sp³-hybridized carbons (Fsp3) is 0.500. The van der Waals surface area contributed by atoms with E-state index in [0.29, 0.717) is 31.6 Å². The number of hydrogen-bond acceptors (Lipinski definition) is 3. The first kappa shape index (κ1) is 15.5. The van der Waals surface area contributed by atoms with Crippen molar-refractivity contribution in [3.63, 3.8) is 0 Å². The molecule has 1 unspecified atom stereocenters. The lowest BCUT2D eigenvalue weighted by Crippen LogP contribution is -2.39. The molecule has 0 aromatic heterocycles. The number of aryl methyl sites for hydroxylation is 2. The highest BCUT2D eigenvalue weighted by Crippen LogP contribution is 2.20. The maximum atomic E-state index is 12.2. The summed E-state index contributed by atoms with van der Waals surface area (Å²) in [7, 11) is 0. The standard InChI is InChI=1S/C16H21NO4/c1-10-3-4-13(9-11(10)2)14(16(19)20)17-15(18)12-5-7-21-8-6-12/h3-4,9,12,14H,5-8H2,1-2H3,(H,17,18)(H,19,20). The van der Waals surface area contributed by atoms with E-state index in [1.54, 1.807) is 6.07 Å². The van der Waals surface area contributed by atoms with Crippen molar-refractivity contribution in [2.45, 2.75) is 32.7 Å². The predicted octanol–water partition coefficient (Wildman–Crippen LogP) is 1.97. The third-order valence-electron chi connectivity index (χ3n) is 3.99. The number of carboxylic acid groups (broad SMARTS) is 1. The number of benzene rings is 1. The van der Waals surface area contributed by atoms with Gasteiger partial charge in [0.2, 0.25) is 5.91 Å². The van der Waals surface area contributed by atoms with Crippen molar-refractivity contribution in [1.82, 2.24) is 5.32 Å². The lowest BCUT2D eigenvalue weighted by Gasteiger charge is -2.24. The van der Waals surface area contributed by atoms with Crippen LogP contribution in [0.4, 0.5) is 0 Å². The minimum absolute atomic E-state index is 0.160. The molecule has 0 bridgehead atoms. The van der Waals surface area contributed by atoms with E-state index in [4.69, 9.17) is 4.74 Å². The van der Waals surface area contributed by atoms with Crippen LogP contribution in [0.25, 0.3) is 0 Å². The number of carbonyl (C=O) groups is 2. The Labute approximate surface area is 124 Å². The molecule has 5 nitrogen and oxygen atoms in total. The quantitative estimate of drug-likeness (QED) is 0.889. The van der Waals surface area contributed by atoms with Crippen molar-refractivity contribution in [3.05, 3.63) is 34.9 Å². The van der Waals surface area contributed by atoms with Gasteiger partial charge in [0.15, 0.2) is 6.04 Å². The normalized spacial score (nSPS) is 17.2. The molecule has 1 saturated heterocycles. The molecule has 0 spiro atoms. The second-order valence-corrected chi connectivity index (χ2v) is 5.51. The SMILES string of the molecule is Cc1ccc(C(NC(=O)C2CCOCC2)C(=O)O)cc1C.